The minimum Gasteiger partial charge on any atom is -0.508 e. The van der Waals surface area contributed by atoms with Gasteiger partial charge in [0.25, 0.3) is 5.91 Å². The lowest BCUT2D eigenvalue weighted by Crippen LogP contribution is -2.53. The minimum absolute atomic E-state index is 0.0711. The molecule has 9 heteroatoms. The van der Waals surface area contributed by atoms with Crippen molar-refractivity contribution in [2.45, 2.75) is 84.4 Å². The van der Waals surface area contributed by atoms with Crippen molar-refractivity contribution in [3.63, 3.8) is 0 Å². The van der Waals surface area contributed by atoms with Gasteiger partial charge in [-0.05, 0) is 69.5 Å². The lowest BCUT2D eigenvalue weighted by atomic mass is 9.98. The first kappa shape index (κ1) is 34.0. The summed E-state index contributed by atoms with van der Waals surface area (Å²) in [5, 5.41) is 26.4. The van der Waals surface area contributed by atoms with E-state index < -0.39 is 35.6 Å². The van der Waals surface area contributed by atoms with E-state index in [4.69, 9.17) is 4.74 Å². The number of benzene rings is 3. The minimum atomic E-state index is -1.20. The number of nitrogens with one attached hydrogen (secondary N) is 2. The Balaban J connectivity index is 2.09. The third kappa shape index (κ3) is 10.0. The monoisotopic (exact) mass is 603 g/mol. The average molecular weight is 604 g/mol. The maximum Gasteiger partial charge on any atom is 0.408 e. The van der Waals surface area contributed by atoms with Crippen LogP contribution < -0.4 is 10.6 Å². The van der Waals surface area contributed by atoms with Gasteiger partial charge in [-0.3, -0.25) is 9.59 Å². The highest BCUT2D eigenvalue weighted by molar-refractivity contribution is 5.99. The number of aromatic hydroxyl groups is 2. The highest BCUT2D eigenvalue weighted by Gasteiger charge is 2.37. The second kappa shape index (κ2) is 15.8. The fourth-order valence-corrected chi connectivity index (χ4v) is 4.88. The molecule has 0 saturated carbocycles. The molecule has 0 radical (unpaired) electrons. The second-order valence-electron chi connectivity index (χ2n) is 11.9. The number of anilines is 1. The maximum absolute atomic E-state index is 14.6. The molecule has 0 aliphatic carbocycles. The second-order valence-corrected chi connectivity index (χ2v) is 11.9. The van der Waals surface area contributed by atoms with Crippen LogP contribution in [0.25, 0.3) is 0 Å². The van der Waals surface area contributed by atoms with Crippen molar-refractivity contribution in [3.8, 4) is 11.5 Å². The number of aryl methyl sites for hydroxylation is 1. The van der Waals surface area contributed by atoms with Gasteiger partial charge in [0.15, 0.2) is 0 Å². The zero-order valence-corrected chi connectivity index (χ0v) is 26.3. The molecular weight excluding hydrogens is 558 g/mol. The molecule has 0 aromatic heterocycles. The van der Waals surface area contributed by atoms with Crippen molar-refractivity contribution in [2.24, 2.45) is 0 Å². The van der Waals surface area contributed by atoms with Crippen LogP contribution in [0.4, 0.5) is 10.5 Å². The van der Waals surface area contributed by atoms with Crippen molar-refractivity contribution in [3.05, 3.63) is 89.5 Å². The molecule has 9 nitrogen and oxygen atoms in total. The lowest BCUT2D eigenvalue weighted by molar-refractivity contribution is -0.141. The van der Waals surface area contributed by atoms with Crippen molar-refractivity contribution in [2.75, 3.05) is 11.9 Å². The van der Waals surface area contributed by atoms with Gasteiger partial charge in [0.2, 0.25) is 5.91 Å². The van der Waals surface area contributed by atoms with Gasteiger partial charge >= 0.3 is 6.09 Å². The smallest absolute Gasteiger partial charge is 0.408 e. The fourth-order valence-electron chi connectivity index (χ4n) is 4.88. The molecule has 4 N–H and O–H groups in total. The summed E-state index contributed by atoms with van der Waals surface area (Å²) in [6.45, 7) is 9.36. The van der Waals surface area contributed by atoms with Crippen LogP contribution in [-0.4, -0.2) is 51.2 Å². The Morgan fingerprint density at radius 1 is 0.886 bits per heavy atom. The van der Waals surface area contributed by atoms with Crippen LogP contribution in [0.1, 0.15) is 76.1 Å². The summed E-state index contributed by atoms with van der Waals surface area (Å²) in [7, 11) is 0. The van der Waals surface area contributed by atoms with E-state index in [-0.39, 0.29) is 30.0 Å². The number of hydrogen-bond donors (Lipinski definition) is 4. The first-order valence-electron chi connectivity index (χ1n) is 15.1. The van der Waals surface area contributed by atoms with Crippen LogP contribution in [0, 0.1) is 6.92 Å². The van der Waals surface area contributed by atoms with Crippen LogP contribution in [0.5, 0.6) is 11.5 Å². The molecule has 2 atom stereocenters. The third-order valence-electron chi connectivity index (χ3n) is 7.10. The number of carbonyl (C=O) groups excluding carboxylic acids is 3. The Bertz CT molecular complexity index is 1400. The quantitative estimate of drug-likeness (QED) is 0.162. The molecule has 0 aliphatic rings. The molecule has 0 bridgehead atoms. The molecule has 0 heterocycles. The summed E-state index contributed by atoms with van der Waals surface area (Å²) in [6.07, 6.45) is 2.68. The number of phenolic OH excluding ortho intramolecular Hbond substituents is 2. The molecule has 3 aromatic carbocycles. The van der Waals surface area contributed by atoms with Crippen LogP contribution in [-0.2, 0) is 20.7 Å². The van der Waals surface area contributed by atoms with E-state index in [2.05, 4.69) is 17.6 Å². The number of nitrogens with zero attached hydrogens (tertiary/aromatic N) is 1. The van der Waals surface area contributed by atoms with Gasteiger partial charge in [0.1, 0.15) is 29.2 Å². The SMILES string of the molecule is CCCCCCN(C(=O)C(Cc1ccc(O)cc1)NC(=O)OC(C)(C)C)C(C(=O)Nc1ccccc1C)c1ccccc1O. The molecule has 236 valence electrons. The number of rotatable bonds is 13. The number of unbranched alkanes of at least 4 members (excludes halogenated alkanes) is 3. The summed E-state index contributed by atoms with van der Waals surface area (Å²) in [6, 6.07) is 17.8. The molecule has 0 aliphatic heterocycles. The normalized spacial score (nSPS) is 12.6. The summed E-state index contributed by atoms with van der Waals surface area (Å²) < 4.78 is 5.49. The largest absolute Gasteiger partial charge is 0.508 e. The standard InChI is InChI=1S/C35H45N3O6/c1-6-7-8-13-22-38(31(27-15-10-12-17-30(27)40)32(41)36-28-16-11-9-14-24(28)2)33(42)29(37-34(43)44-35(3,4)5)23-25-18-20-26(39)21-19-25/h9-12,14-21,29,31,39-40H,6-8,13,22-23H2,1-5H3,(H,36,41)(H,37,43). The topological polar surface area (TPSA) is 128 Å². The van der Waals surface area contributed by atoms with Crippen molar-refractivity contribution >= 4 is 23.6 Å². The molecule has 2 unspecified atom stereocenters. The molecular formula is C35H45N3O6. The Hall–Kier alpha value is -4.53. The summed E-state index contributed by atoms with van der Waals surface area (Å²) in [5.74, 6) is -1.06. The van der Waals surface area contributed by atoms with E-state index >= 15 is 0 Å². The summed E-state index contributed by atoms with van der Waals surface area (Å²) in [4.78, 5) is 43.1. The van der Waals surface area contributed by atoms with Crippen molar-refractivity contribution in [1.82, 2.24) is 10.2 Å². The van der Waals surface area contributed by atoms with E-state index in [0.717, 1.165) is 24.8 Å². The van der Waals surface area contributed by atoms with Gasteiger partial charge in [0.05, 0.1) is 0 Å². The average Bonchev–Trinajstić information content (AvgIpc) is 2.96. The molecule has 0 spiro atoms. The van der Waals surface area contributed by atoms with Gasteiger partial charge in [-0.25, -0.2) is 4.79 Å². The Labute approximate surface area is 260 Å². The number of phenols is 2. The number of para-hydroxylation sites is 2. The Morgan fingerprint density at radius 2 is 1.55 bits per heavy atom. The zero-order chi connectivity index (χ0) is 32.3. The van der Waals surface area contributed by atoms with Crippen molar-refractivity contribution < 1.29 is 29.3 Å². The van der Waals surface area contributed by atoms with E-state index in [1.165, 1.54) is 23.1 Å². The van der Waals surface area contributed by atoms with Crippen molar-refractivity contribution in [1.29, 1.82) is 0 Å². The summed E-state index contributed by atoms with van der Waals surface area (Å²) >= 11 is 0. The highest BCUT2D eigenvalue weighted by atomic mass is 16.6. The van der Waals surface area contributed by atoms with Crippen LogP contribution >= 0.6 is 0 Å². The van der Waals surface area contributed by atoms with E-state index in [1.54, 1.807) is 57.2 Å². The maximum atomic E-state index is 14.6. The Morgan fingerprint density at radius 3 is 2.18 bits per heavy atom. The van der Waals surface area contributed by atoms with Gasteiger partial charge in [0, 0.05) is 24.2 Å². The Kier molecular flexibility index (Phi) is 12.2. The zero-order valence-electron chi connectivity index (χ0n) is 26.3. The third-order valence-corrected chi connectivity index (χ3v) is 7.10. The number of amides is 3. The molecule has 3 amide bonds. The molecule has 3 aromatic rings. The predicted octanol–water partition coefficient (Wildman–Crippen LogP) is 6.63. The lowest BCUT2D eigenvalue weighted by Gasteiger charge is -2.35. The van der Waals surface area contributed by atoms with Gasteiger partial charge < -0.3 is 30.5 Å². The van der Waals surface area contributed by atoms with Gasteiger partial charge in [-0.1, -0.05) is 74.7 Å². The molecule has 0 fully saturated rings. The number of alkyl carbamates (subject to hydrolysis) is 1. The molecule has 0 saturated heterocycles. The van der Waals surface area contributed by atoms with Gasteiger partial charge in [-0.2, -0.15) is 0 Å². The van der Waals surface area contributed by atoms with Crippen LogP contribution in [0.15, 0.2) is 72.8 Å². The van der Waals surface area contributed by atoms with E-state index in [1.807, 2.05) is 25.1 Å². The molecule has 3 rings (SSSR count). The number of ether oxygens (including phenoxy) is 1. The van der Waals surface area contributed by atoms with Crippen LogP contribution in [0.2, 0.25) is 0 Å². The first-order valence-corrected chi connectivity index (χ1v) is 15.1. The first-order chi connectivity index (χ1) is 20.9. The van der Waals surface area contributed by atoms with E-state index in [0.29, 0.717) is 17.7 Å². The predicted molar refractivity (Wildman–Crippen MR) is 171 cm³/mol. The molecule has 44 heavy (non-hydrogen) atoms. The summed E-state index contributed by atoms with van der Waals surface area (Å²) in [5.41, 5.74) is 1.58. The number of carbonyl (C=O) groups is 3. The van der Waals surface area contributed by atoms with Crippen LogP contribution in [0.3, 0.4) is 0 Å². The van der Waals surface area contributed by atoms with Gasteiger partial charge in [-0.15, -0.1) is 0 Å². The highest BCUT2D eigenvalue weighted by Crippen LogP contribution is 2.32. The fraction of sp³-hybridized carbons (Fsp3) is 0.400. The van der Waals surface area contributed by atoms with E-state index in [9.17, 15) is 24.6 Å². The number of hydrogen-bond acceptors (Lipinski definition) is 6.